The topological polar surface area (TPSA) is 60.4 Å². The highest BCUT2D eigenvalue weighted by molar-refractivity contribution is 6.00. The Labute approximate surface area is 82.9 Å². The molecule has 0 amide bonds. The molecule has 0 aromatic rings. The Hall–Kier alpha value is -1.45. The Morgan fingerprint density at radius 2 is 1.79 bits per heavy atom. The molecule has 0 saturated heterocycles. The Bertz CT molecular complexity index is 276. The number of carbonyl (C=O) groups is 3. The molecule has 0 aromatic heterocycles. The average Bonchev–Trinajstić information content (AvgIpc) is 2.01. The van der Waals surface area contributed by atoms with Gasteiger partial charge in [-0.1, -0.05) is 12.5 Å². The zero-order valence-electron chi connectivity index (χ0n) is 8.62. The Kier molecular flexibility index (Phi) is 5.44. The fraction of sp³-hybridized carbons (Fsp3) is 0.500. The van der Waals surface area contributed by atoms with Crippen molar-refractivity contribution in [2.45, 2.75) is 33.6 Å². The average molecular weight is 198 g/mol. The highest BCUT2D eigenvalue weighted by Gasteiger charge is 2.10. The summed E-state index contributed by atoms with van der Waals surface area (Å²) in [4.78, 5) is 32.3. The van der Waals surface area contributed by atoms with Crippen molar-refractivity contribution >= 4 is 17.7 Å². The van der Waals surface area contributed by atoms with Gasteiger partial charge >= 0.3 is 11.9 Å². The SMILES string of the molecule is CCC(C)=CC(=O)OC(=O)CC(C)=O. The number of ketones is 1. The maximum absolute atomic E-state index is 11.0. The van der Waals surface area contributed by atoms with Crippen molar-refractivity contribution in [3.8, 4) is 0 Å². The Balaban J connectivity index is 4.07. The van der Waals surface area contributed by atoms with E-state index in [-0.39, 0.29) is 12.2 Å². The van der Waals surface area contributed by atoms with Crippen LogP contribution in [0.3, 0.4) is 0 Å². The number of Topliss-reactive ketones (excluding diaryl/α,β-unsaturated/α-hetero) is 1. The number of hydrogen-bond donors (Lipinski definition) is 0. The van der Waals surface area contributed by atoms with Gasteiger partial charge in [-0.25, -0.2) is 4.79 Å². The lowest BCUT2D eigenvalue weighted by molar-refractivity contribution is -0.156. The van der Waals surface area contributed by atoms with E-state index in [0.717, 1.165) is 12.0 Å². The van der Waals surface area contributed by atoms with Crippen molar-refractivity contribution in [2.24, 2.45) is 0 Å². The Morgan fingerprint density at radius 3 is 2.21 bits per heavy atom. The molecule has 4 nitrogen and oxygen atoms in total. The summed E-state index contributed by atoms with van der Waals surface area (Å²) in [6, 6.07) is 0. The monoisotopic (exact) mass is 198 g/mol. The summed E-state index contributed by atoms with van der Waals surface area (Å²) in [6.07, 6.45) is 1.61. The van der Waals surface area contributed by atoms with Gasteiger partial charge in [0.15, 0.2) is 0 Å². The van der Waals surface area contributed by atoms with Gasteiger partial charge in [0.25, 0.3) is 0 Å². The zero-order valence-corrected chi connectivity index (χ0v) is 8.62. The van der Waals surface area contributed by atoms with E-state index in [9.17, 15) is 14.4 Å². The molecule has 0 bridgehead atoms. The molecule has 0 aliphatic heterocycles. The van der Waals surface area contributed by atoms with Gasteiger partial charge in [0, 0.05) is 6.08 Å². The van der Waals surface area contributed by atoms with Crippen LogP contribution >= 0.6 is 0 Å². The van der Waals surface area contributed by atoms with Crippen LogP contribution in [0.1, 0.15) is 33.6 Å². The smallest absolute Gasteiger partial charge is 0.338 e. The molecule has 0 aliphatic rings. The minimum Gasteiger partial charge on any atom is -0.390 e. The summed E-state index contributed by atoms with van der Waals surface area (Å²) < 4.78 is 4.36. The first-order valence-electron chi connectivity index (χ1n) is 4.37. The quantitative estimate of drug-likeness (QED) is 0.389. The second-order valence-corrected chi connectivity index (χ2v) is 3.02. The molecule has 0 aromatic carbocycles. The van der Waals surface area contributed by atoms with Crippen molar-refractivity contribution < 1.29 is 19.1 Å². The number of rotatable bonds is 4. The molecule has 0 N–H and O–H groups in total. The van der Waals surface area contributed by atoms with Crippen LogP contribution in [0.15, 0.2) is 11.6 Å². The van der Waals surface area contributed by atoms with E-state index in [1.54, 1.807) is 6.92 Å². The summed E-state index contributed by atoms with van der Waals surface area (Å²) >= 11 is 0. The maximum Gasteiger partial charge on any atom is 0.338 e. The van der Waals surface area contributed by atoms with Gasteiger partial charge in [-0.05, 0) is 20.3 Å². The van der Waals surface area contributed by atoms with E-state index in [4.69, 9.17) is 0 Å². The molecule has 0 aliphatic carbocycles. The number of hydrogen-bond acceptors (Lipinski definition) is 4. The van der Waals surface area contributed by atoms with E-state index >= 15 is 0 Å². The van der Waals surface area contributed by atoms with Crippen molar-refractivity contribution in [3.05, 3.63) is 11.6 Å². The lowest BCUT2D eigenvalue weighted by Gasteiger charge is -1.98. The molecule has 0 fully saturated rings. The number of allylic oxidation sites excluding steroid dienone is 1. The summed E-state index contributed by atoms with van der Waals surface area (Å²) in [6.45, 7) is 4.91. The molecule has 4 heteroatoms. The van der Waals surface area contributed by atoms with E-state index < -0.39 is 11.9 Å². The van der Waals surface area contributed by atoms with Gasteiger partial charge in [-0.3, -0.25) is 9.59 Å². The van der Waals surface area contributed by atoms with Crippen LogP contribution in [0.25, 0.3) is 0 Å². The van der Waals surface area contributed by atoms with Gasteiger partial charge in [0.2, 0.25) is 0 Å². The lowest BCUT2D eigenvalue weighted by atomic mass is 10.2. The minimum atomic E-state index is -0.803. The summed E-state index contributed by atoms with van der Waals surface area (Å²) in [5.41, 5.74) is 0.825. The molecule has 0 radical (unpaired) electrons. The van der Waals surface area contributed by atoms with Crippen LogP contribution in [0, 0.1) is 0 Å². The first-order valence-corrected chi connectivity index (χ1v) is 4.37. The summed E-state index contributed by atoms with van der Waals surface area (Å²) in [7, 11) is 0. The Morgan fingerprint density at radius 1 is 1.21 bits per heavy atom. The minimum absolute atomic E-state index is 0.320. The van der Waals surface area contributed by atoms with E-state index in [1.165, 1.54) is 13.0 Å². The van der Waals surface area contributed by atoms with Crippen molar-refractivity contribution in [3.63, 3.8) is 0 Å². The normalized spacial score (nSPS) is 10.9. The third kappa shape index (κ3) is 6.11. The van der Waals surface area contributed by atoms with Crippen LogP contribution in [-0.2, 0) is 19.1 Å². The van der Waals surface area contributed by atoms with Crippen molar-refractivity contribution in [1.29, 1.82) is 0 Å². The lowest BCUT2D eigenvalue weighted by Crippen LogP contribution is -2.13. The number of ether oxygens (including phenoxy) is 1. The van der Waals surface area contributed by atoms with E-state index in [2.05, 4.69) is 4.74 Å². The molecule has 0 spiro atoms. The first-order chi connectivity index (χ1) is 6.45. The van der Waals surface area contributed by atoms with Crippen LogP contribution in [-0.4, -0.2) is 17.7 Å². The van der Waals surface area contributed by atoms with Gasteiger partial charge in [0.05, 0.1) is 0 Å². The van der Waals surface area contributed by atoms with Crippen LogP contribution < -0.4 is 0 Å². The van der Waals surface area contributed by atoms with Gasteiger partial charge in [0.1, 0.15) is 12.2 Å². The summed E-state index contributed by atoms with van der Waals surface area (Å²) in [5, 5.41) is 0. The van der Waals surface area contributed by atoms with Crippen molar-refractivity contribution in [1.82, 2.24) is 0 Å². The largest absolute Gasteiger partial charge is 0.390 e. The standard InChI is InChI=1S/C10H14O4/c1-4-7(2)5-9(12)14-10(13)6-8(3)11/h5H,4,6H2,1-3H3. The molecule has 0 unspecified atom stereocenters. The van der Waals surface area contributed by atoms with Gasteiger partial charge < -0.3 is 4.74 Å². The van der Waals surface area contributed by atoms with Crippen LogP contribution in [0.2, 0.25) is 0 Å². The van der Waals surface area contributed by atoms with E-state index in [1.807, 2.05) is 6.92 Å². The van der Waals surface area contributed by atoms with Crippen LogP contribution in [0.4, 0.5) is 0 Å². The molecule has 14 heavy (non-hydrogen) atoms. The fourth-order valence-corrected chi connectivity index (χ4v) is 0.684. The number of carbonyl (C=O) groups excluding carboxylic acids is 3. The second kappa shape index (κ2) is 6.07. The third-order valence-electron chi connectivity index (χ3n) is 1.53. The van der Waals surface area contributed by atoms with Gasteiger partial charge in [-0.15, -0.1) is 0 Å². The highest BCUT2D eigenvalue weighted by atomic mass is 16.6. The van der Waals surface area contributed by atoms with E-state index in [0.29, 0.717) is 0 Å². The highest BCUT2D eigenvalue weighted by Crippen LogP contribution is 1.99. The molecule has 0 heterocycles. The summed E-state index contributed by atoms with van der Waals surface area (Å²) in [5.74, 6) is -1.84. The predicted octanol–water partition coefficient (Wildman–Crippen LogP) is 1.39. The zero-order chi connectivity index (χ0) is 11.1. The predicted molar refractivity (Wildman–Crippen MR) is 50.4 cm³/mol. The molecule has 0 atom stereocenters. The molecule has 0 rings (SSSR count). The molecule has 78 valence electrons. The van der Waals surface area contributed by atoms with Crippen LogP contribution in [0.5, 0.6) is 0 Å². The third-order valence-corrected chi connectivity index (χ3v) is 1.53. The molecular weight excluding hydrogens is 184 g/mol. The fourth-order valence-electron chi connectivity index (χ4n) is 0.684. The first kappa shape index (κ1) is 12.6. The number of esters is 2. The molecular formula is C10H14O4. The molecule has 0 saturated carbocycles. The van der Waals surface area contributed by atoms with Crippen molar-refractivity contribution in [2.75, 3.05) is 0 Å². The maximum atomic E-state index is 11.0. The second-order valence-electron chi connectivity index (χ2n) is 3.02. The van der Waals surface area contributed by atoms with Gasteiger partial charge in [-0.2, -0.15) is 0 Å².